The maximum Gasteiger partial charge on any atom is 0.319 e. The van der Waals surface area contributed by atoms with Gasteiger partial charge in [0.15, 0.2) is 0 Å². The molecule has 0 aliphatic carbocycles. The van der Waals surface area contributed by atoms with Gasteiger partial charge in [-0.2, -0.15) is 0 Å². The van der Waals surface area contributed by atoms with Crippen LogP contribution in [0, 0.1) is 0 Å². The molecule has 3 rings (SSSR count). The average Bonchev–Trinajstić information content (AvgIpc) is 2.66. The van der Waals surface area contributed by atoms with E-state index in [1.54, 1.807) is 12.3 Å². The highest BCUT2D eigenvalue weighted by Crippen LogP contribution is 2.24. The van der Waals surface area contributed by atoms with Gasteiger partial charge in [0.2, 0.25) is 0 Å². The van der Waals surface area contributed by atoms with E-state index in [0.717, 1.165) is 25.3 Å². The van der Waals surface area contributed by atoms with Crippen molar-refractivity contribution in [3.63, 3.8) is 0 Å². The Morgan fingerprint density at radius 3 is 2.88 bits per heavy atom. The zero-order chi connectivity index (χ0) is 17.6. The van der Waals surface area contributed by atoms with Crippen molar-refractivity contribution < 1.29 is 9.90 Å². The molecule has 2 amide bonds. The minimum atomic E-state index is -0.318. The number of rotatable bonds is 5. The van der Waals surface area contributed by atoms with Gasteiger partial charge in [-0.05, 0) is 30.0 Å². The molecule has 0 spiro atoms. The number of aliphatic hydroxyl groups is 1. The minimum absolute atomic E-state index is 0.0707. The third-order valence-electron chi connectivity index (χ3n) is 4.51. The van der Waals surface area contributed by atoms with Crippen molar-refractivity contribution in [1.29, 1.82) is 0 Å². The van der Waals surface area contributed by atoms with Gasteiger partial charge in [0.05, 0.1) is 12.6 Å². The molecule has 6 heteroatoms. The Bertz CT molecular complexity index is 731. The number of carbonyl (C=O) groups excluding carboxylic acids is 1. The second-order valence-corrected chi connectivity index (χ2v) is 6.23. The van der Waals surface area contributed by atoms with Gasteiger partial charge < -0.3 is 20.6 Å². The number of benzene rings is 1. The number of fused-ring (bicyclic) bond motifs is 1. The second-order valence-electron chi connectivity index (χ2n) is 6.23. The molecular formula is C19H24N4O2. The summed E-state index contributed by atoms with van der Waals surface area (Å²) >= 11 is 0. The standard InChI is InChI=1S/C19H24N4O2/c1-2-16(13-24)21-19(25)22-17-7-9-20-18(11-17)23-10-8-14-5-3-4-6-15(14)12-23/h3-7,9,11,16,24H,2,8,10,12-13H2,1H3,(H2,20,21,22,25)/t16-/m1/s1. The molecule has 1 aliphatic rings. The van der Waals surface area contributed by atoms with Gasteiger partial charge in [-0.3, -0.25) is 0 Å². The molecule has 1 aliphatic heterocycles. The van der Waals surface area contributed by atoms with Crippen molar-refractivity contribution in [2.45, 2.75) is 32.4 Å². The summed E-state index contributed by atoms with van der Waals surface area (Å²) in [6.45, 7) is 3.57. The quantitative estimate of drug-likeness (QED) is 0.782. The smallest absolute Gasteiger partial charge is 0.319 e. The SMILES string of the molecule is CC[C@H](CO)NC(=O)Nc1ccnc(N2CCc3ccccc3C2)c1. The first kappa shape index (κ1) is 17.2. The number of hydrogen-bond donors (Lipinski definition) is 3. The molecule has 0 saturated heterocycles. The number of hydrogen-bond acceptors (Lipinski definition) is 4. The fraction of sp³-hybridized carbons (Fsp3) is 0.368. The first-order chi connectivity index (χ1) is 12.2. The van der Waals surface area contributed by atoms with E-state index >= 15 is 0 Å². The fourth-order valence-corrected chi connectivity index (χ4v) is 2.99. The number of anilines is 2. The molecule has 132 valence electrons. The molecule has 0 saturated carbocycles. The summed E-state index contributed by atoms with van der Waals surface area (Å²) in [5.41, 5.74) is 3.40. The maximum absolute atomic E-state index is 12.0. The summed E-state index contributed by atoms with van der Waals surface area (Å²) in [6, 6.07) is 11.6. The predicted molar refractivity (Wildman–Crippen MR) is 98.8 cm³/mol. The fourth-order valence-electron chi connectivity index (χ4n) is 2.99. The minimum Gasteiger partial charge on any atom is -0.394 e. The summed E-state index contributed by atoms with van der Waals surface area (Å²) in [7, 11) is 0. The Labute approximate surface area is 147 Å². The van der Waals surface area contributed by atoms with Crippen molar-refractivity contribution in [2.75, 3.05) is 23.4 Å². The maximum atomic E-state index is 12.0. The summed E-state index contributed by atoms with van der Waals surface area (Å²) in [6.07, 6.45) is 3.37. The molecule has 1 aromatic heterocycles. The lowest BCUT2D eigenvalue weighted by molar-refractivity contribution is 0.222. The highest BCUT2D eigenvalue weighted by Gasteiger charge is 2.17. The van der Waals surface area contributed by atoms with E-state index in [4.69, 9.17) is 0 Å². The molecular weight excluding hydrogens is 316 g/mol. The highest BCUT2D eigenvalue weighted by molar-refractivity contribution is 5.89. The molecule has 25 heavy (non-hydrogen) atoms. The van der Waals surface area contributed by atoms with E-state index < -0.39 is 0 Å². The van der Waals surface area contributed by atoms with Gasteiger partial charge in [0.25, 0.3) is 0 Å². The Morgan fingerprint density at radius 2 is 2.12 bits per heavy atom. The topological polar surface area (TPSA) is 77.5 Å². The number of carbonyl (C=O) groups is 1. The second kappa shape index (κ2) is 7.98. The van der Waals surface area contributed by atoms with Crippen molar-refractivity contribution in [2.24, 2.45) is 0 Å². The Hall–Kier alpha value is -2.60. The van der Waals surface area contributed by atoms with Crippen LogP contribution < -0.4 is 15.5 Å². The number of nitrogens with one attached hydrogen (secondary N) is 2. The Morgan fingerprint density at radius 1 is 1.32 bits per heavy atom. The highest BCUT2D eigenvalue weighted by atomic mass is 16.3. The van der Waals surface area contributed by atoms with Crippen LogP contribution >= 0.6 is 0 Å². The van der Waals surface area contributed by atoms with Crippen LogP contribution in [0.2, 0.25) is 0 Å². The molecule has 2 aromatic rings. The van der Waals surface area contributed by atoms with Crippen LogP contribution in [-0.4, -0.2) is 35.3 Å². The Balaban J connectivity index is 1.67. The van der Waals surface area contributed by atoms with Crippen LogP contribution in [0.4, 0.5) is 16.3 Å². The van der Waals surface area contributed by atoms with Crippen LogP contribution in [0.25, 0.3) is 0 Å². The van der Waals surface area contributed by atoms with E-state index in [1.807, 2.05) is 13.0 Å². The molecule has 0 bridgehead atoms. The van der Waals surface area contributed by atoms with Gasteiger partial charge in [0.1, 0.15) is 5.82 Å². The molecule has 0 radical (unpaired) electrons. The van der Waals surface area contributed by atoms with E-state index in [1.165, 1.54) is 11.1 Å². The summed E-state index contributed by atoms with van der Waals surface area (Å²) < 4.78 is 0. The number of aliphatic hydroxyl groups excluding tert-OH is 1. The summed E-state index contributed by atoms with van der Waals surface area (Å²) in [4.78, 5) is 18.7. The van der Waals surface area contributed by atoms with Crippen LogP contribution in [-0.2, 0) is 13.0 Å². The number of amides is 2. The first-order valence-corrected chi connectivity index (χ1v) is 8.65. The van der Waals surface area contributed by atoms with Crippen LogP contribution in [0.1, 0.15) is 24.5 Å². The molecule has 1 aromatic carbocycles. The average molecular weight is 340 g/mol. The van der Waals surface area contributed by atoms with Gasteiger partial charge in [-0.1, -0.05) is 31.2 Å². The first-order valence-electron chi connectivity index (χ1n) is 8.65. The van der Waals surface area contributed by atoms with Crippen LogP contribution in [0.5, 0.6) is 0 Å². The van der Waals surface area contributed by atoms with Crippen LogP contribution in [0.15, 0.2) is 42.6 Å². The van der Waals surface area contributed by atoms with E-state index in [9.17, 15) is 9.90 Å². The zero-order valence-electron chi connectivity index (χ0n) is 14.4. The monoisotopic (exact) mass is 340 g/mol. The molecule has 0 unspecified atom stereocenters. The third kappa shape index (κ3) is 4.28. The molecule has 3 N–H and O–H groups in total. The van der Waals surface area contributed by atoms with E-state index in [-0.39, 0.29) is 18.7 Å². The van der Waals surface area contributed by atoms with Gasteiger partial charge in [-0.15, -0.1) is 0 Å². The van der Waals surface area contributed by atoms with Crippen molar-refractivity contribution >= 4 is 17.5 Å². The normalized spacial score (nSPS) is 14.6. The van der Waals surface area contributed by atoms with Crippen molar-refractivity contribution in [3.8, 4) is 0 Å². The van der Waals surface area contributed by atoms with Crippen molar-refractivity contribution in [3.05, 3.63) is 53.7 Å². The molecule has 0 fully saturated rings. The predicted octanol–water partition coefficient (Wildman–Crippen LogP) is 2.54. The molecule has 2 heterocycles. The largest absolute Gasteiger partial charge is 0.394 e. The van der Waals surface area contributed by atoms with Gasteiger partial charge >= 0.3 is 6.03 Å². The lowest BCUT2D eigenvalue weighted by Crippen LogP contribution is -2.39. The van der Waals surface area contributed by atoms with Crippen molar-refractivity contribution in [1.82, 2.24) is 10.3 Å². The lowest BCUT2D eigenvalue weighted by atomic mass is 10.00. The van der Waals surface area contributed by atoms with E-state index in [2.05, 4.69) is 44.8 Å². The summed E-state index contributed by atoms with van der Waals surface area (Å²) in [5, 5.41) is 14.7. The number of nitrogens with zero attached hydrogens (tertiary/aromatic N) is 2. The third-order valence-corrected chi connectivity index (χ3v) is 4.51. The zero-order valence-corrected chi connectivity index (χ0v) is 14.4. The summed E-state index contributed by atoms with van der Waals surface area (Å²) in [5.74, 6) is 0.849. The Kier molecular flexibility index (Phi) is 5.50. The molecule has 6 nitrogen and oxygen atoms in total. The number of aromatic nitrogens is 1. The van der Waals surface area contributed by atoms with Gasteiger partial charge in [0, 0.05) is 31.0 Å². The van der Waals surface area contributed by atoms with E-state index in [0.29, 0.717) is 12.1 Å². The number of pyridine rings is 1. The lowest BCUT2D eigenvalue weighted by Gasteiger charge is -2.30. The van der Waals surface area contributed by atoms with Crippen LogP contribution in [0.3, 0.4) is 0 Å². The number of urea groups is 1. The molecule has 1 atom stereocenters. The van der Waals surface area contributed by atoms with Gasteiger partial charge in [-0.25, -0.2) is 9.78 Å².